The highest BCUT2D eigenvalue weighted by molar-refractivity contribution is 5.93. The number of nitrogens with zero attached hydrogens (tertiary/aromatic N) is 2. The predicted octanol–water partition coefficient (Wildman–Crippen LogP) is -0.217. The van der Waals surface area contributed by atoms with E-state index in [0.29, 0.717) is 5.56 Å². The fraction of sp³-hybridized carbons (Fsp3) is 0.250. The highest BCUT2D eigenvalue weighted by Gasteiger charge is 2.04. The molecule has 0 spiro atoms. The van der Waals surface area contributed by atoms with Gasteiger partial charge in [0.2, 0.25) is 0 Å². The molecule has 0 atom stereocenters. The van der Waals surface area contributed by atoms with E-state index in [-0.39, 0.29) is 12.5 Å². The van der Waals surface area contributed by atoms with Crippen molar-refractivity contribution >= 4 is 5.91 Å². The lowest BCUT2D eigenvalue weighted by molar-refractivity contribution is 0.0958. The van der Waals surface area contributed by atoms with Crippen LogP contribution >= 0.6 is 0 Å². The van der Waals surface area contributed by atoms with Gasteiger partial charge in [-0.15, -0.1) is 6.42 Å². The highest BCUT2D eigenvalue weighted by atomic mass is 16.1. The van der Waals surface area contributed by atoms with Crippen LogP contribution in [0.25, 0.3) is 0 Å². The first kappa shape index (κ1) is 8.34. The lowest BCUT2D eigenvalue weighted by Crippen LogP contribution is -2.22. The Kier molecular flexibility index (Phi) is 2.49. The number of aryl methyl sites for hydroxylation is 1. The fourth-order valence-corrected chi connectivity index (χ4v) is 0.772. The molecule has 1 N–H and O–H groups in total. The number of carbonyl (C=O) groups is 1. The lowest BCUT2D eigenvalue weighted by atomic mass is 10.3. The second-order valence-electron chi connectivity index (χ2n) is 2.29. The van der Waals surface area contributed by atoms with E-state index in [9.17, 15) is 4.79 Å². The van der Waals surface area contributed by atoms with Crippen LogP contribution in [0.4, 0.5) is 0 Å². The molecular weight excluding hydrogens is 154 g/mol. The average Bonchev–Trinajstić information content (AvgIpc) is 2.47. The van der Waals surface area contributed by atoms with E-state index in [1.807, 2.05) is 0 Å². The van der Waals surface area contributed by atoms with Gasteiger partial charge >= 0.3 is 0 Å². The minimum absolute atomic E-state index is 0.193. The fourth-order valence-electron chi connectivity index (χ4n) is 0.772. The van der Waals surface area contributed by atoms with E-state index < -0.39 is 0 Å². The van der Waals surface area contributed by atoms with E-state index in [1.165, 1.54) is 6.20 Å². The molecule has 62 valence electrons. The van der Waals surface area contributed by atoms with Crippen molar-refractivity contribution in [2.45, 2.75) is 0 Å². The molecule has 0 fully saturated rings. The first-order chi connectivity index (χ1) is 5.74. The molecule has 0 saturated heterocycles. The standard InChI is InChI=1S/C8H9N3O/c1-3-4-9-8(12)7-5-10-11(2)6-7/h1,5-6H,4H2,2H3,(H,9,12). The molecule has 1 rings (SSSR count). The zero-order valence-electron chi connectivity index (χ0n) is 6.74. The topological polar surface area (TPSA) is 46.9 Å². The van der Waals surface area contributed by atoms with E-state index >= 15 is 0 Å². The van der Waals surface area contributed by atoms with Crippen molar-refractivity contribution in [2.24, 2.45) is 7.05 Å². The Morgan fingerprint density at radius 3 is 3.17 bits per heavy atom. The van der Waals surface area contributed by atoms with Gasteiger partial charge in [0.05, 0.1) is 18.3 Å². The summed E-state index contributed by atoms with van der Waals surface area (Å²) in [5.41, 5.74) is 0.521. The van der Waals surface area contributed by atoms with Crippen molar-refractivity contribution in [1.29, 1.82) is 0 Å². The molecule has 0 aliphatic carbocycles. The van der Waals surface area contributed by atoms with E-state index in [2.05, 4.69) is 16.3 Å². The number of rotatable bonds is 2. The summed E-state index contributed by atoms with van der Waals surface area (Å²) in [5, 5.41) is 6.38. The monoisotopic (exact) mass is 163 g/mol. The maximum absolute atomic E-state index is 11.2. The average molecular weight is 163 g/mol. The molecule has 12 heavy (non-hydrogen) atoms. The summed E-state index contributed by atoms with van der Waals surface area (Å²) in [6, 6.07) is 0. The largest absolute Gasteiger partial charge is 0.341 e. The van der Waals surface area contributed by atoms with Gasteiger partial charge in [0.1, 0.15) is 0 Å². The van der Waals surface area contributed by atoms with Crippen LogP contribution in [0.15, 0.2) is 12.4 Å². The van der Waals surface area contributed by atoms with E-state index in [0.717, 1.165) is 0 Å². The molecule has 0 saturated carbocycles. The highest BCUT2D eigenvalue weighted by Crippen LogP contribution is 1.94. The van der Waals surface area contributed by atoms with Gasteiger partial charge in [0.15, 0.2) is 0 Å². The van der Waals surface area contributed by atoms with Gasteiger partial charge < -0.3 is 5.32 Å². The summed E-state index contributed by atoms with van der Waals surface area (Å²) in [4.78, 5) is 11.2. The molecule has 0 radical (unpaired) electrons. The molecule has 4 heteroatoms. The van der Waals surface area contributed by atoms with Gasteiger partial charge in [-0.3, -0.25) is 9.48 Å². The van der Waals surface area contributed by atoms with Crippen LogP contribution in [-0.4, -0.2) is 22.2 Å². The number of hydrogen-bond donors (Lipinski definition) is 1. The van der Waals surface area contributed by atoms with Crippen molar-refractivity contribution in [1.82, 2.24) is 15.1 Å². The number of carbonyl (C=O) groups excluding carboxylic acids is 1. The molecule has 0 aliphatic heterocycles. The number of hydrogen-bond acceptors (Lipinski definition) is 2. The third kappa shape index (κ3) is 1.86. The summed E-state index contributed by atoms with van der Waals surface area (Å²) < 4.78 is 1.56. The van der Waals surface area contributed by atoms with Crippen LogP contribution < -0.4 is 5.32 Å². The van der Waals surface area contributed by atoms with Crippen molar-refractivity contribution < 1.29 is 4.79 Å². The van der Waals surface area contributed by atoms with Crippen molar-refractivity contribution in [2.75, 3.05) is 6.54 Å². The van der Waals surface area contributed by atoms with Gasteiger partial charge in [0, 0.05) is 13.2 Å². The molecular formula is C8H9N3O. The zero-order valence-corrected chi connectivity index (χ0v) is 6.74. The van der Waals surface area contributed by atoms with Crippen LogP contribution in [0.1, 0.15) is 10.4 Å². The predicted molar refractivity (Wildman–Crippen MR) is 44.4 cm³/mol. The Morgan fingerprint density at radius 2 is 2.67 bits per heavy atom. The Labute approximate surface area is 70.6 Å². The van der Waals surface area contributed by atoms with Crippen LogP contribution in [-0.2, 0) is 7.05 Å². The molecule has 0 aromatic carbocycles. The summed E-state index contributed by atoms with van der Waals surface area (Å²) in [6.45, 7) is 0.244. The van der Waals surface area contributed by atoms with Crippen LogP contribution in [0.3, 0.4) is 0 Å². The minimum Gasteiger partial charge on any atom is -0.341 e. The van der Waals surface area contributed by atoms with Crippen molar-refractivity contribution in [3.05, 3.63) is 18.0 Å². The molecule has 0 unspecified atom stereocenters. The first-order valence-corrected chi connectivity index (χ1v) is 3.44. The Bertz CT molecular complexity index is 321. The summed E-state index contributed by atoms with van der Waals surface area (Å²) >= 11 is 0. The Morgan fingerprint density at radius 1 is 1.92 bits per heavy atom. The zero-order chi connectivity index (χ0) is 8.97. The smallest absolute Gasteiger partial charge is 0.255 e. The van der Waals surface area contributed by atoms with E-state index in [1.54, 1.807) is 17.9 Å². The molecule has 1 amide bonds. The molecule has 4 nitrogen and oxygen atoms in total. The SMILES string of the molecule is C#CCNC(=O)c1cnn(C)c1. The van der Waals surface area contributed by atoms with Crippen LogP contribution in [0, 0.1) is 12.3 Å². The normalized spacial score (nSPS) is 9.00. The Balaban J connectivity index is 2.61. The minimum atomic E-state index is -0.193. The van der Waals surface area contributed by atoms with Crippen molar-refractivity contribution in [3.63, 3.8) is 0 Å². The van der Waals surface area contributed by atoms with Gasteiger partial charge in [-0.2, -0.15) is 5.10 Å². The third-order valence-corrected chi connectivity index (χ3v) is 1.32. The van der Waals surface area contributed by atoms with Gasteiger partial charge in [-0.25, -0.2) is 0 Å². The quantitative estimate of drug-likeness (QED) is 0.613. The summed E-state index contributed by atoms with van der Waals surface area (Å²) in [5.74, 6) is 2.12. The van der Waals surface area contributed by atoms with Gasteiger partial charge in [-0.1, -0.05) is 5.92 Å². The molecule has 0 aliphatic rings. The molecule has 1 heterocycles. The summed E-state index contributed by atoms with van der Waals surface area (Å²) in [7, 11) is 1.75. The first-order valence-electron chi connectivity index (χ1n) is 3.44. The maximum Gasteiger partial charge on any atom is 0.255 e. The molecule has 1 aromatic rings. The maximum atomic E-state index is 11.2. The van der Waals surface area contributed by atoms with Crippen LogP contribution in [0.2, 0.25) is 0 Å². The number of amides is 1. The van der Waals surface area contributed by atoms with Crippen LogP contribution in [0.5, 0.6) is 0 Å². The molecule has 1 aromatic heterocycles. The molecule has 0 bridgehead atoms. The van der Waals surface area contributed by atoms with Gasteiger partial charge in [0.25, 0.3) is 5.91 Å². The second-order valence-corrected chi connectivity index (χ2v) is 2.29. The number of terminal acetylenes is 1. The lowest BCUT2D eigenvalue weighted by Gasteiger charge is -1.95. The Hall–Kier alpha value is -1.76. The third-order valence-electron chi connectivity index (χ3n) is 1.32. The van der Waals surface area contributed by atoms with Crippen molar-refractivity contribution in [3.8, 4) is 12.3 Å². The second kappa shape index (κ2) is 3.58. The van der Waals surface area contributed by atoms with E-state index in [4.69, 9.17) is 6.42 Å². The summed E-state index contributed by atoms with van der Waals surface area (Å²) in [6.07, 6.45) is 8.10. The number of aromatic nitrogens is 2. The number of nitrogens with one attached hydrogen (secondary N) is 1. The van der Waals surface area contributed by atoms with Gasteiger partial charge in [-0.05, 0) is 0 Å².